The Hall–Kier alpha value is -2.90. The molecule has 0 unspecified atom stereocenters. The first-order chi connectivity index (χ1) is 14.1. The number of carbonyl (C=O) groups excluding carboxylic acids is 2. The second kappa shape index (κ2) is 8.63. The lowest BCUT2D eigenvalue weighted by Crippen LogP contribution is -2.49. The molecule has 1 aliphatic carbocycles. The van der Waals surface area contributed by atoms with Gasteiger partial charge in [-0.25, -0.2) is 9.97 Å². The second-order valence-electron chi connectivity index (χ2n) is 7.76. The standard InChI is InChI=1S/C21H27N5O3/c1-15-14-17(19(27)23-16-6-3-2-4-7-16)24-21(22-15)26-11-9-25(10-12-26)20(28)18-8-5-13-29-18/h5,8,13-14,16H,2-4,6-7,9-12H2,1H3,(H,23,27). The Morgan fingerprint density at radius 1 is 1.10 bits per heavy atom. The number of aromatic nitrogens is 2. The van der Waals surface area contributed by atoms with Gasteiger partial charge in [-0.2, -0.15) is 0 Å². The number of piperazine rings is 1. The highest BCUT2D eigenvalue weighted by atomic mass is 16.3. The monoisotopic (exact) mass is 397 g/mol. The van der Waals surface area contributed by atoms with Gasteiger partial charge in [0, 0.05) is 37.9 Å². The predicted octanol–water partition coefficient (Wildman–Crippen LogP) is 2.40. The van der Waals surface area contributed by atoms with Crippen LogP contribution in [0.1, 0.15) is 58.8 Å². The number of anilines is 1. The Morgan fingerprint density at radius 2 is 1.86 bits per heavy atom. The quantitative estimate of drug-likeness (QED) is 0.852. The number of nitrogens with one attached hydrogen (secondary N) is 1. The van der Waals surface area contributed by atoms with Crippen LogP contribution in [0, 0.1) is 6.92 Å². The van der Waals surface area contributed by atoms with Gasteiger partial charge in [0.05, 0.1) is 6.26 Å². The van der Waals surface area contributed by atoms with E-state index in [0.717, 1.165) is 18.5 Å². The van der Waals surface area contributed by atoms with Crippen molar-refractivity contribution >= 4 is 17.8 Å². The Balaban J connectivity index is 1.40. The number of hydrogen-bond donors (Lipinski definition) is 1. The largest absolute Gasteiger partial charge is 0.459 e. The Kier molecular flexibility index (Phi) is 5.78. The van der Waals surface area contributed by atoms with E-state index in [1.165, 1.54) is 25.5 Å². The number of amides is 2. The van der Waals surface area contributed by atoms with Crippen molar-refractivity contribution in [1.82, 2.24) is 20.2 Å². The third kappa shape index (κ3) is 4.58. The molecule has 2 aromatic heterocycles. The highest BCUT2D eigenvalue weighted by Gasteiger charge is 2.26. The number of rotatable bonds is 4. The van der Waals surface area contributed by atoms with E-state index in [9.17, 15) is 9.59 Å². The SMILES string of the molecule is Cc1cc(C(=O)NC2CCCCC2)nc(N2CCN(C(=O)c3ccco3)CC2)n1. The molecule has 2 fully saturated rings. The molecule has 8 heteroatoms. The van der Waals surface area contributed by atoms with Gasteiger partial charge in [0.25, 0.3) is 11.8 Å². The summed E-state index contributed by atoms with van der Waals surface area (Å²) in [5.74, 6) is 0.665. The molecular formula is C21H27N5O3. The van der Waals surface area contributed by atoms with E-state index in [1.54, 1.807) is 23.1 Å². The summed E-state index contributed by atoms with van der Waals surface area (Å²) in [4.78, 5) is 37.9. The topological polar surface area (TPSA) is 91.6 Å². The third-order valence-electron chi connectivity index (χ3n) is 5.60. The summed E-state index contributed by atoms with van der Waals surface area (Å²) in [5.41, 5.74) is 1.17. The zero-order chi connectivity index (χ0) is 20.2. The molecule has 0 atom stereocenters. The van der Waals surface area contributed by atoms with Crippen LogP contribution >= 0.6 is 0 Å². The van der Waals surface area contributed by atoms with Crippen molar-refractivity contribution in [3.05, 3.63) is 41.6 Å². The second-order valence-corrected chi connectivity index (χ2v) is 7.76. The Labute approximate surface area is 170 Å². The van der Waals surface area contributed by atoms with Gasteiger partial charge in [0.2, 0.25) is 5.95 Å². The zero-order valence-corrected chi connectivity index (χ0v) is 16.8. The summed E-state index contributed by atoms with van der Waals surface area (Å²) in [6.07, 6.45) is 7.16. The lowest BCUT2D eigenvalue weighted by molar-refractivity contribution is 0.0714. The van der Waals surface area contributed by atoms with Crippen molar-refractivity contribution in [2.24, 2.45) is 0 Å². The van der Waals surface area contributed by atoms with Gasteiger partial charge in [-0.3, -0.25) is 9.59 Å². The average molecular weight is 397 g/mol. The third-order valence-corrected chi connectivity index (χ3v) is 5.60. The molecule has 0 aromatic carbocycles. The van der Waals surface area contributed by atoms with Crippen LogP contribution < -0.4 is 10.2 Å². The molecule has 0 bridgehead atoms. The Morgan fingerprint density at radius 3 is 2.55 bits per heavy atom. The molecule has 1 saturated carbocycles. The van der Waals surface area contributed by atoms with Gasteiger partial charge in [-0.05, 0) is 38.0 Å². The van der Waals surface area contributed by atoms with E-state index in [2.05, 4.69) is 15.3 Å². The van der Waals surface area contributed by atoms with Gasteiger partial charge >= 0.3 is 0 Å². The highest BCUT2D eigenvalue weighted by Crippen LogP contribution is 2.19. The van der Waals surface area contributed by atoms with E-state index in [-0.39, 0.29) is 17.9 Å². The molecule has 1 saturated heterocycles. The maximum Gasteiger partial charge on any atom is 0.289 e. The van der Waals surface area contributed by atoms with Crippen molar-refractivity contribution in [3.63, 3.8) is 0 Å². The minimum atomic E-state index is -0.129. The molecule has 3 heterocycles. The number of hydrogen-bond acceptors (Lipinski definition) is 6. The number of aryl methyl sites for hydroxylation is 1. The van der Waals surface area contributed by atoms with Gasteiger partial charge in [-0.15, -0.1) is 0 Å². The predicted molar refractivity (Wildman–Crippen MR) is 108 cm³/mol. The van der Waals surface area contributed by atoms with Crippen LogP contribution in [-0.4, -0.2) is 58.9 Å². The molecule has 0 radical (unpaired) electrons. The van der Waals surface area contributed by atoms with Crippen molar-refractivity contribution in [2.75, 3.05) is 31.1 Å². The molecule has 4 rings (SSSR count). The fraction of sp³-hybridized carbons (Fsp3) is 0.524. The van der Waals surface area contributed by atoms with Gasteiger partial charge in [0.1, 0.15) is 5.69 Å². The number of carbonyl (C=O) groups is 2. The van der Waals surface area contributed by atoms with E-state index in [1.807, 2.05) is 11.8 Å². The lowest BCUT2D eigenvalue weighted by Gasteiger charge is -2.34. The fourth-order valence-electron chi connectivity index (χ4n) is 3.98. The minimum absolute atomic E-state index is 0.104. The normalized spacial score (nSPS) is 18.0. The summed E-state index contributed by atoms with van der Waals surface area (Å²) >= 11 is 0. The molecule has 2 aromatic rings. The van der Waals surface area contributed by atoms with Gasteiger partial charge < -0.3 is 19.5 Å². The number of furan rings is 1. The summed E-state index contributed by atoms with van der Waals surface area (Å²) in [7, 11) is 0. The molecule has 29 heavy (non-hydrogen) atoms. The van der Waals surface area contributed by atoms with Crippen molar-refractivity contribution < 1.29 is 14.0 Å². The molecule has 1 aliphatic heterocycles. The summed E-state index contributed by atoms with van der Waals surface area (Å²) in [6.45, 7) is 4.21. The van der Waals surface area contributed by atoms with E-state index >= 15 is 0 Å². The van der Waals surface area contributed by atoms with Crippen LogP contribution in [0.3, 0.4) is 0 Å². The van der Waals surface area contributed by atoms with Crippen LogP contribution in [0.15, 0.2) is 28.9 Å². The van der Waals surface area contributed by atoms with Crippen LogP contribution in [-0.2, 0) is 0 Å². The van der Waals surface area contributed by atoms with Crippen molar-refractivity contribution in [2.45, 2.75) is 45.1 Å². The highest BCUT2D eigenvalue weighted by molar-refractivity contribution is 5.93. The maximum absolute atomic E-state index is 12.7. The smallest absolute Gasteiger partial charge is 0.289 e. The molecule has 2 aliphatic rings. The Bertz CT molecular complexity index is 853. The minimum Gasteiger partial charge on any atom is -0.459 e. The van der Waals surface area contributed by atoms with Gasteiger partial charge in [0.15, 0.2) is 5.76 Å². The first kappa shape index (κ1) is 19.4. The van der Waals surface area contributed by atoms with Crippen molar-refractivity contribution in [3.8, 4) is 0 Å². The molecule has 154 valence electrons. The van der Waals surface area contributed by atoms with E-state index in [4.69, 9.17) is 4.42 Å². The summed E-state index contributed by atoms with van der Waals surface area (Å²) < 4.78 is 5.21. The molecular weight excluding hydrogens is 370 g/mol. The molecule has 8 nitrogen and oxygen atoms in total. The summed E-state index contributed by atoms with van der Waals surface area (Å²) in [5, 5.41) is 3.12. The van der Waals surface area contributed by atoms with E-state index in [0.29, 0.717) is 43.6 Å². The average Bonchev–Trinajstić information content (AvgIpc) is 3.28. The van der Waals surface area contributed by atoms with Crippen LogP contribution in [0.2, 0.25) is 0 Å². The van der Waals surface area contributed by atoms with Crippen LogP contribution in [0.5, 0.6) is 0 Å². The van der Waals surface area contributed by atoms with Crippen LogP contribution in [0.4, 0.5) is 5.95 Å². The maximum atomic E-state index is 12.7. The molecule has 1 N–H and O–H groups in total. The van der Waals surface area contributed by atoms with Crippen molar-refractivity contribution in [1.29, 1.82) is 0 Å². The summed E-state index contributed by atoms with van der Waals surface area (Å²) in [6, 6.07) is 5.36. The van der Waals surface area contributed by atoms with E-state index < -0.39 is 0 Å². The van der Waals surface area contributed by atoms with Gasteiger partial charge in [-0.1, -0.05) is 19.3 Å². The first-order valence-corrected chi connectivity index (χ1v) is 10.3. The van der Waals surface area contributed by atoms with Crippen LogP contribution in [0.25, 0.3) is 0 Å². The molecule has 0 spiro atoms. The zero-order valence-electron chi connectivity index (χ0n) is 16.8. The lowest BCUT2D eigenvalue weighted by atomic mass is 9.95. The first-order valence-electron chi connectivity index (χ1n) is 10.3. The molecule has 2 amide bonds. The number of nitrogens with zero attached hydrogens (tertiary/aromatic N) is 4. The fourth-order valence-corrected chi connectivity index (χ4v) is 3.98.